The molecule has 2 aliphatic heterocycles. The fourth-order valence-corrected chi connectivity index (χ4v) is 6.31. The normalized spacial score (nSPS) is 25.7. The topological polar surface area (TPSA) is 32.8 Å². The number of para-hydroxylation sites is 1. The van der Waals surface area contributed by atoms with Gasteiger partial charge in [-0.05, 0) is 70.4 Å². The third-order valence-electron chi connectivity index (χ3n) is 7.94. The van der Waals surface area contributed by atoms with Crippen molar-refractivity contribution in [1.82, 2.24) is 4.90 Å². The van der Waals surface area contributed by atoms with E-state index in [1.54, 1.807) is 6.07 Å². The molecule has 34 heavy (non-hydrogen) atoms. The minimum absolute atomic E-state index is 0.0311. The number of ether oxygens (including phenoxy) is 1. The number of rotatable bonds is 6. The summed E-state index contributed by atoms with van der Waals surface area (Å²) in [7, 11) is 0. The van der Waals surface area contributed by atoms with Crippen LogP contribution >= 0.6 is 11.6 Å². The highest BCUT2D eigenvalue weighted by molar-refractivity contribution is 6.33. The summed E-state index contributed by atoms with van der Waals surface area (Å²) in [6.07, 6.45) is 7.33. The fraction of sp³-hybridized carbons (Fsp3) is 0.741. The average molecular weight is 497 g/mol. The zero-order chi connectivity index (χ0) is 24.3. The Morgan fingerprint density at radius 1 is 1.18 bits per heavy atom. The molecule has 2 saturated heterocycles. The van der Waals surface area contributed by atoms with Gasteiger partial charge in [-0.3, -0.25) is 4.79 Å². The van der Waals surface area contributed by atoms with Gasteiger partial charge in [0.1, 0.15) is 11.5 Å². The molecule has 0 radical (unpaired) electrons. The summed E-state index contributed by atoms with van der Waals surface area (Å²) in [4.78, 5) is 17.2. The number of halogens is 3. The molecule has 1 aliphatic carbocycles. The maximum atomic E-state index is 16.2. The molecule has 1 amide bonds. The van der Waals surface area contributed by atoms with Crippen LogP contribution in [0.25, 0.3) is 0 Å². The first-order valence-electron chi connectivity index (χ1n) is 13.0. The van der Waals surface area contributed by atoms with Gasteiger partial charge in [-0.15, -0.1) is 0 Å². The number of piperidine rings is 1. The van der Waals surface area contributed by atoms with Crippen molar-refractivity contribution in [3.05, 3.63) is 29.0 Å². The van der Waals surface area contributed by atoms with Gasteiger partial charge in [0.15, 0.2) is 0 Å². The maximum Gasteiger partial charge on any atom is 0.230 e. The van der Waals surface area contributed by atoms with Gasteiger partial charge in [-0.25, -0.2) is 8.78 Å². The number of likely N-dealkylation sites (tertiary alicyclic amines) is 1. The summed E-state index contributed by atoms with van der Waals surface area (Å²) >= 11 is 6.35. The van der Waals surface area contributed by atoms with Crippen LogP contribution in [-0.4, -0.2) is 54.9 Å². The van der Waals surface area contributed by atoms with E-state index in [1.807, 2.05) is 0 Å². The Bertz CT molecular complexity index is 831. The van der Waals surface area contributed by atoms with Crippen molar-refractivity contribution in [2.75, 3.05) is 37.7 Å². The smallest absolute Gasteiger partial charge is 0.230 e. The van der Waals surface area contributed by atoms with Crippen molar-refractivity contribution in [3.63, 3.8) is 0 Å². The summed E-state index contributed by atoms with van der Waals surface area (Å²) in [5, 5.41) is 0.160. The van der Waals surface area contributed by atoms with Gasteiger partial charge in [0.2, 0.25) is 5.91 Å². The summed E-state index contributed by atoms with van der Waals surface area (Å²) in [6.45, 7) is 7.14. The van der Waals surface area contributed by atoms with Gasteiger partial charge >= 0.3 is 0 Å². The standard InChI is InChI=1S/C27H39ClF2N2O2/c1-26(2)17-20(11-16-34-26)18-31-14-12-27(30,13-15-31)19-32(24-22(28)9-6-10-23(24)29)25(33)21-7-4-3-5-8-21/h6,9-10,20-21H,3-5,7-8,11-19H2,1-2H3. The molecule has 4 rings (SSSR count). The number of benzene rings is 1. The molecule has 0 aromatic heterocycles. The molecule has 1 atom stereocenters. The molecule has 1 aromatic rings. The fourth-order valence-electron chi connectivity index (χ4n) is 6.04. The molecule has 3 fully saturated rings. The van der Waals surface area contributed by atoms with E-state index in [2.05, 4.69) is 18.7 Å². The third-order valence-corrected chi connectivity index (χ3v) is 8.24. The van der Waals surface area contributed by atoms with Crippen LogP contribution in [0.4, 0.5) is 14.5 Å². The van der Waals surface area contributed by atoms with Gasteiger partial charge in [-0.1, -0.05) is 36.9 Å². The second-order valence-corrected chi connectivity index (χ2v) is 11.7. The zero-order valence-corrected chi connectivity index (χ0v) is 21.4. The highest BCUT2D eigenvalue weighted by Crippen LogP contribution is 2.37. The predicted octanol–water partition coefficient (Wildman–Crippen LogP) is 6.40. The second-order valence-electron chi connectivity index (χ2n) is 11.2. The lowest BCUT2D eigenvalue weighted by atomic mass is 9.85. The van der Waals surface area contributed by atoms with Crippen LogP contribution in [0.3, 0.4) is 0 Å². The zero-order valence-electron chi connectivity index (χ0n) is 20.6. The number of nitrogens with zero attached hydrogens (tertiary/aromatic N) is 2. The molecule has 3 aliphatic rings. The lowest BCUT2D eigenvalue weighted by Crippen LogP contribution is -2.52. The van der Waals surface area contributed by atoms with Gasteiger partial charge in [0.05, 0.1) is 22.9 Å². The lowest BCUT2D eigenvalue weighted by molar-refractivity contribution is -0.124. The number of anilines is 1. The van der Waals surface area contributed by atoms with Crippen molar-refractivity contribution >= 4 is 23.2 Å². The van der Waals surface area contributed by atoms with Crippen molar-refractivity contribution in [2.45, 2.75) is 82.9 Å². The molecule has 1 aromatic carbocycles. The lowest BCUT2D eigenvalue weighted by Gasteiger charge is -2.43. The molecular formula is C27H39ClF2N2O2. The van der Waals surface area contributed by atoms with Crippen LogP contribution < -0.4 is 4.90 Å². The summed E-state index contributed by atoms with van der Waals surface area (Å²) in [5.74, 6) is -0.391. The van der Waals surface area contributed by atoms with Crippen molar-refractivity contribution in [3.8, 4) is 0 Å². The number of amides is 1. The van der Waals surface area contributed by atoms with Crippen molar-refractivity contribution < 1.29 is 18.3 Å². The monoisotopic (exact) mass is 496 g/mol. The Morgan fingerprint density at radius 2 is 1.88 bits per heavy atom. The first-order chi connectivity index (χ1) is 16.2. The van der Waals surface area contributed by atoms with E-state index in [0.29, 0.717) is 31.8 Å². The Balaban J connectivity index is 1.44. The predicted molar refractivity (Wildman–Crippen MR) is 133 cm³/mol. The molecule has 4 nitrogen and oxygen atoms in total. The van der Waals surface area contributed by atoms with Crippen LogP contribution in [0.2, 0.25) is 5.02 Å². The van der Waals surface area contributed by atoms with E-state index < -0.39 is 11.5 Å². The highest BCUT2D eigenvalue weighted by atomic mass is 35.5. The van der Waals surface area contributed by atoms with Crippen molar-refractivity contribution in [1.29, 1.82) is 0 Å². The molecule has 0 spiro atoms. The van der Waals surface area contributed by atoms with E-state index in [4.69, 9.17) is 16.3 Å². The molecule has 0 bridgehead atoms. The molecule has 1 saturated carbocycles. The molecular weight excluding hydrogens is 458 g/mol. The molecule has 2 heterocycles. The number of hydrogen-bond acceptors (Lipinski definition) is 3. The number of alkyl halides is 1. The average Bonchev–Trinajstić information content (AvgIpc) is 2.79. The van der Waals surface area contributed by atoms with E-state index in [1.165, 1.54) is 17.0 Å². The Morgan fingerprint density at radius 3 is 2.53 bits per heavy atom. The van der Waals surface area contributed by atoms with Crippen LogP contribution in [0.1, 0.15) is 71.6 Å². The second kappa shape index (κ2) is 10.8. The van der Waals surface area contributed by atoms with E-state index >= 15 is 4.39 Å². The van der Waals surface area contributed by atoms with E-state index in [9.17, 15) is 9.18 Å². The van der Waals surface area contributed by atoms with Gasteiger partial charge in [-0.2, -0.15) is 0 Å². The van der Waals surface area contributed by atoms with Crippen LogP contribution in [0.5, 0.6) is 0 Å². The number of hydrogen-bond donors (Lipinski definition) is 0. The SMILES string of the molecule is CC1(C)CC(CN2CCC(F)(CN(C(=O)C3CCCCC3)c3c(F)cccc3Cl)CC2)CCO1. The Hall–Kier alpha value is -1.24. The molecule has 1 unspecified atom stereocenters. The van der Waals surface area contributed by atoms with Gasteiger partial charge in [0.25, 0.3) is 0 Å². The maximum absolute atomic E-state index is 16.2. The minimum Gasteiger partial charge on any atom is -0.376 e. The number of carbonyl (C=O) groups excluding carboxylic acids is 1. The molecule has 7 heteroatoms. The van der Waals surface area contributed by atoms with E-state index in [0.717, 1.165) is 58.1 Å². The summed E-state index contributed by atoms with van der Waals surface area (Å²) in [5.41, 5.74) is -1.62. The minimum atomic E-state index is -1.55. The Labute approximate surface area is 208 Å². The van der Waals surface area contributed by atoms with E-state index in [-0.39, 0.29) is 34.7 Å². The van der Waals surface area contributed by atoms with Gasteiger partial charge < -0.3 is 14.5 Å². The first-order valence-corrected chi connectivity index (χ1v) is 13.3. The van der Waals surface area contributed by atoms with Crippen LogP contribution in [-0.2, 0) is 9.53 Å². The quantitative estimate of drug-likeness (QED) is 0.456. The Kier molecular flexibility index (Phi) is 8.20. The largest absolute Gasteiger partial charge is 0.376 e. The molecule has 0 N–H and O–H groups in total. The van der Waals surface area contributed by atoms with Crippen LogP contribution in [0, 0.1) is 17.7 Å². The molecule has 190 valence electrons. The van der Waals surface area contributed by atoms with Crippen molar-refractivity contribution in [2.24, 2.45) is 11.8 Å². The third kappa shape index (κ3) is 6.30. The summed E-state index contributed by atoms with van der Waals surface area (Å²) in [6, 6.07) is 4.39. The summed E-state index contributed by atoms with van der Waals surface area (Å²) < 4.78 is 36.9. The number of carbonyl (C=O) groups is 1. The van der Waals surface area contributed by atoms with Crippen LogP contribution in [0.15, 0.2) is 18.2 Å². The first kappa shape index (κ1) is 25.8. The van der Waals surface area contributed by atoms with Gasteiger partial charge in [0, 0.05) is 32.2 Å². The highest BCUT2D eigenvalue weighted by Gasteiger charge is 2.41.